The molecule has 1 aliphatic carbocycles. The number of hydrogen-bond donors (Lipinski definition) is 1. The number of ether oxygens (including phenoxy) is 1. The number of hydrogen-bond acceptors (Lipinski definition) is 2. The molecule has 88 valence electrons. The van der Waals surface area contributed by atoms with Crippen molar-refractivity contribution in [1.82, 2.24) is 5.32 Å². The lowest BCUT2D eigenvalue weighted by Crippen LogP contribution is -2.52. The molecule has 1 aromatic carbocycles. The summed E-state index contributed by atoms with van der Waals surface area (Å²) in [6.07, 6.45) is 3.70. The molecule has 0 unspecified atom stereocenters. The van der Waals surface area contributed by atoms with Crippen molar-refractivity contribution >= 4 is 11.6 Å². The summed E-state index contributed by atoms with van der Waals surface area (Å²) < 4.78 is 5.13. The van der Waals surface area contributed by atoms with E-state index in [4.69, 9.17) is 16.3 Å². The summed E-state index contributed by atoms with van der Waals surface area (Å²) in [6, 6.07) is 8.16. The number of alkyl halides is 1. The molecule has 2 rings (SSSR count). The topological polar surface area (TPSA) is 21.3 Å². The Bertz CT molecular complexity index is 327. The lowest BCUT2D eigenvalue weighted by Gasteiger charge is -2.41. The van der Waals surface area contributed by atoms with E-state index in [2.05, 4.69) is 17.4 Å². The fourth-order valence-corrected chi connectivity index (χ4v) is 2.36. The highest BCUT2D eigenvalue weighted by atomic mass is 35.5. The van der Waals surface area contributed by atoms with Gasteiger partial charge in [-0.25, -0.2) is 0 Å². The Morgan fingerprint density at radius 1 is 1.31 bits per heavy atom. The monoisotopic (exact) mass is 239 g/mol. The van der Waals surface area contributed by atoms with Gasteiger partial charge in [0.2, 0.25) is 0 Å². The predicted molar refractivity (Wildman–Crippen MR) is 67.1 cm³/mol. The third kappa shape index (κ3) is 2.50. The smallest absolute Gasteiger partial charge is 0.118 e. The molecular formula is C13H18ClNO. The third-order valence-corrected chi connectivity index (χ3v) is 3.90. The first-order chi connectivity index (χ1) is 7.78. The fraction of sp³-hybridized carbons (Fsp3) is 0.538. The number of halogens is 1. The fourth-order valence-electron chi connectivity index (χ4n) is 1.99. The van der Waals surface area contributed by atoms with Gasteiger partial charge in [0.05, 0.1) is 7.11 Å². The van der Waals surface area contributed by atoms with Crippen molar-refractivity contribution in [2.45, 2.75) is 31.3 Å². The second kappa shape index (κ2) is 5.07. The Balaban J connectivity index is 1.89. The van der Waals surface area contributed by atoms with Crippen LogP contribution in [0.4, 0.5) is 0 Å². The molecular weight excluding hydrogens is 222 g/mol. The van der Waals surface area contributed by atoms with Crippen LogP contribution in [0.25, 0.3) is 0 Å². The summed E-state index contributed by atoms with van der Waals surface area (Å²) in [4.78, 5) is 0. The van der Waals surface area contributed by atoms with Crippen molar-refractivity contribution in [2.24, 2.45) is 0 Å². The van der Waals surface area contributed by atoms with Gasteiger partial charge in [0.15, 0.2) is 0 Å². The molecule has 1 aliphatic rings. The summed E-state index contributed by atoms with van der Waals surface area (Å²) in [5.41, 5.74) is 1.47. The molecule has 2 nitrogen and oxygen atoms in total. The molecule has 0 aliphatic heterocycles. The highest BCUT2D eigenvalue weighted by molar-refractivity contribution is 6.18. The van der Waals surface area contributed by atoms with Crippen LogP contribution in [-0.4, -0.2) is 18.5 Å². The van der Waals surface area contributed by atoms with Gasteiger partial charge < -0.3 is 10.1 Å². The highest BCUT2D eigenvalue weighted by Gasteiger charge is 2.35. The molecule has 0 saturated heterocycles. The first kappa shape index (κ1) is 11.7. The summed E-state index contributed by atoms with van der Waals surface area (Å²) in [5.74, 6) is 1.61. The molecule has 1 aromatic rings. The molecule has 0 radical (unpaired) electrons. The van der Waals surface area contributed by atoms with Crippen LogP contribution in [0.15, 0.2) is 24.3 Å². The van der Waals surface area contributed by atoms with E-state index in [-0.39, 0.29) is 5.54 Å². The van der Waals surface area contributed by atoms with Crippen LogP contribution in [0.3, 0.4) is 0 Å². The molecule has 0 heterocycles. The van der Waals surface area contributed by atoms with Crippen LogP contribution in [0.2, 0.25) is 0 Å². The molecule has 3 heteroatoms. The van der Waals surface area contributed by atoms with Gasteiger partial charge in [-0.1, -0.05) is 12.1 Å². The van der Waals surface area contributed by atoms with Crippen molar-refractivity contribution in [3.8, 4) is 5.75 Å². The van der Waals surface area contributed by atoms with E-state index < -0.39 is 0 Å². The minimum atomic E-state index is 0.196. The number of benzene rings is 1. The maximum Gasteiger partial charge on any atom is 0.118 e. The second-order valence-corrected chi connectivity index (χ2v) is 4.74. The molecule has 0 bridgehead atoms. The molecule has 1 saturated carbocycles. The van der Waals surface area contributed by atoms with E-state index in [1.165, 1.54) is 24.8 Å². The Morgan fingerprint density at radius 3 is 2.44 bits per heavy atom. The maximum atomic E-state index is 5.99. The average molecular weight is 240 g/mol. The van der Waals surface area contributed by atoms with E-state index in [0.29, 0.717) is 5.88 Å². The highest BCUT2D eigenvalue weighted by Crippen LogP contribution is 2.33. The molecule has 1 fully saturated rings. The van der Waals surface area contributed by atoms with Crippen LogP contribution in [0.1, 0.15) is 24.8 Å². The molecule has 16 heavy (non-hydrogen) atoms. The van der Waals surface area contributed by atoms with Gasteiger partial charge in [0, 0.05) is 18.0 Å². The van der Waals surface area contributed by atoms with Crippen LogP contribution in [0, 0.1) is 0 Å². The van der Waals surface area contributed by atoms with E-state index in [1.54, 1.807) is 7.11 Å². The van der Waals surface area contributed by atoms with Gasteiger partial charge >= 0.3 is 0 Å². The van der Waals surface area contributed by atoms with E-state index in [0.717, 1.165) is 12.3 Å². The van der Waals surface area contributed by atoms with Crippen molar-refractivity contribution < 1.29 is 4.74 Å². The van der Waals surface area contributed by atoms with Gasteiger partial charge in [-0.05, 0) is 37.0 Å². The molecule has 0 spiro atoms. The van der Waals surface area contributed by atoms with E-state index >= 15 is 0 Å². The van der Waals surface area contributed by atoms with Crippen molar-refractivity contribution in [3.05, 3.63) is 29.8 Å². The third-order valence-electron chi connectivity index (χ3n) is 3.39. The summed E-state index contributed by atoms with van der Waals surface area (Å²) in [6.45, 7) is 0.886. The Morgan fingerprint density at radius 2 is 2.00 bits per heavy atom. The van der Waals surface area contributed by atoms with Gasteiger partial charge in [0.1, 0.15) is 5.75 Å². The first-order valence-electron chi connectivity index (χ1n) is 5.72. The van der Waals surface area contributed by atoms with Gasteiger partial charge in [-0.3, -0.25) is 0 Å². The Hall–Kier alpha value is -0.730. The predicted octanol–water partition coefficient (Wildman–Crippen LogP) is 2.95. The summed E-state index contributed by atoms with van der Waals surface area (Å²) in [5, 5.41) is 3.56. The lowest BCUT2D eigenvalue weighted by molar-refractivity contribution is 0.211. The van der Waals surface area contributed by atoms with E-state index in [1.807, 2.05) is 12.1 Å². The molecule has 0 atom stereocenters. The Labute approximate surface area is 102 Å². The molecule has 1 N–H and O–H groups in total. The van der Waals surface area contributed by atoms with Crippen LogP contribution >= 0.6 is 11.6 Å². The number of rotatable bonds is 5. The summed E-state index contributed by atoms with van der Waals surface area (Å²) >= 11 is 5.99. The van der Waals surface area contributed by atoms with Gasteiger partial charge in [0.25, 0.3) is 0 Å². The van der Waals surface area contributed by atoms with Crippen LogP contribution in [0.5, 0.6) is 5.75 Å². The molecule has 0 amide bonds. The lowest BCUT2D eigenvalue weighted by atomic mass is 9.78. The standard InChI is InChI=1S/C13H18ClNO/c1-16-12-5-3-11(4-6-12)9-15-13(10-14)7-2-8-13/h3-6,15H,2,7-10H2,1H3. The van der Waals surface area contributed by atoms with Crippen molar-refractivity contribution in [3.63, 3.8) is 0 Å². The number of methoxy groups -OCH3 is 1. The van der Waals surface area contributed by atoms with Gasteiger partial charge in [-0.2, -0.15) is 0 Å². The van der Waals surface area contributed by atoms with Gasteiger partial charge in [-0.15, -0.1) is 11.6 Å². The second-order valence-electron chi connectivity index (χ2n) is 4.47. The average Bonchev–Trinajstić information content (AvgIpc) is 2.29. The SMILES string of the molecule is COc1ccc(CNC2(CCl)CCC2)cc1. The normalized spacial score (nSPS) is 17.9. The Kier molecular flexibility index (Phi) is 3.72. The zero-order valence-electron chi connectivity index (χ0n) is 9.63. The zero-order valence-corrected chi connectivity index (χ0v) is 10.4. The van der Waals surface area contributed by atoms with Crippen LogP contribution in [-0.2, 0) is 6.54 Å². The maximum absolute atomic E-state index is 5.99. The first-order valence-corrected chi connectivity index (χ1v) is 6.25. The quantitative estimate of drug-likeness (QED) is 0.798. The zero-order chi connectivity index (χ0) is 11.4. The summed E-state index contributed by atoms with van der Waals surface area (Å²) in [7, 11) is 1.68. The minimum Gasteiger partial charge on any atom is -0.497 e. The van der Waals surface area contributed by atoms with Crippen LogP contribution < -0.4 is 10.1 Å². The van der Waals surface area contributed by atoms with Crippen molar-refractivity contribution in [1.29, 1.82) is 0 Å². The van der Waals surface area contributed by atoms with Crippen molar-refractivity contribution in [2.75, 3.05) is 13.0 Å². The van der Waals surface area contributed by atoms with E-state index in [9.17, 15) is 0 Å². The minimum absolute atomic E-state index is 0.196. The number of nitrogens with one attached hydrogen (secondary N) is 1. The largest absolute Gasteiger partial charge is 0.497 e. The molecule has 0 aromatic heterocycles.